The summed E-state index contributed by atoms with van der Waals surface area (Å²) in [6.07, 6.45) is -1.26. The minimum Gasteiger partial charge on any atom is -0.354 e. The summed E-state index contributed by atoms with van der Waals surface area (Å²) < 4.78 is 55.2. The fraction of sp³-hybridized carbons (Fsp3) is 0.360. The number of ketones is 1. The lowest BCUT2D eigenvalue weighted by Gasteiger charge is -2.38. The number of amides is 2. The van der Waals surface area contributed by atoms with Crippen molar-refractivity contribution in [1.82, 2.24) is 14.9 Å². The third kappa shape index (κ3) is 5.76. The van der Waals surface area contributed by atoms with Crippen LogP contribution in [0.5, 0.6) is 0 Å². The van der Waals surface area contributed by atoms with Gasteiger partial charge in [0.2, 0.25) is 0 Å². The van der Waals surface area contributed by atoms with Crippen molar-refractivity contribution in [2.45, 2.75) is 45.8 Å². The first-order valence-corrected chi connectivity index (χ1v) is 11.6. The first-order chi connectivity index (χ1) is 17.2. The number of carbonyl (C=O) groups excluding carboxylic acids is 3. The summed E-state index contributed by atoms with van der Waals surface area (Å²) in [6, 6.07) is 2.65. The molecule has 0 fully saturated rings. The summed E-state index contributed by atoms with van der Waals surface area (Å²) in [4.78, 5) is 41.6. The Balaban J connectivity index is 2.17. The molecule has 2 N–H and O–H groups in total. The van der Waals surface area contributed by atoms with Crippen molar-refractivity contribution in [2.24, 2.45) is 5.41 Å². The zero-order valence-electron chi connectivity index (χ0n) is 20.5. The van der Waals surface area contributed by atoms with Crippen LogP contribution in [-0.4, -0.2) is 34.2 Å². The summed E-state index contributed by atoms with van der Waals surface area (Å²) >= 11 is 6.49. The van der Waals surface area contributed by atoms with Crippen molar-refractivity contribution >= 4 is 34.9 Å². The lowest BCUT2D eigenvalue weighted by molar-refractivity contribution is -0.137. The number of aromatic nitrogens is 2. The van der Waals surface area contributed by atoms with E-state index in [2.05, 4.69) is 15.6 Å². The van der Waals surface area contributed by atoms with Crippen LogP contribution in [0, 0.1) is 5.41 Å². The molecule has 2 atom stereocenters. The number of nitrogens with zero attached hydrogens (tertiary/aromatic N) is 2. The predicted molar refractivity (Wildman–Crippen MR) is 130 cm³/mol. The second-order valence-electron chi connectivity index (χ2n) is 9.02. The van der Waals surface area contributed by atoms with Gasteiger partial charge in [0, 0.05) is 41.7 Å². The number of nitrogens with one attached hydrogen (secondary N) is 2. The summed E-state index contributed by atoms with van der Waals surface area (Å²) in [5.41, 5.74) is -2.25. The number of allylic oxidation sites excluding steroid dienone is 4. The maximum Gasteiger partial charge on any atom is 0.416 e. The average Bonchev–Trinajstić information content (AvgIpc) is 3.16. The quantitative estimate of drug-likeness (QED) is 0.448. The SMILES string of the molecule is CNC(=O)c1cc(NC(=O)c2cc(C(F)(F)F)ccn2)c([C@H](C)C2(C)CC(F)=CC=C2Cl)n1CC(C)=O. The maximum atomic E-state index is 14.4. The summed E-state index contributed by atoms with van der Waals surface area (Å²) in [7, 11) is 1.38. The van der Waals surface area contributed by atoms with Gasteiger partial charge in [0.05, 0.1) is 17.8 Å². The molecule has 0 radical (unpaired) electrons. The summed E-state index contributed by atoms with van der Waals surface area (Å²) in [6.45, 7) is 4.46. The molecule has 0 saturated heterocycles. The van der Waals surface area contributed by atoms with Gasteiger partial charge in [-0.2, -0.15) is 13.2 Å². The topological polar surface area (TPSA) is 93.1 Å². The van der Waals surface area contributed by atoms with Gasteiger partial charge >= 0.3 is 6.18 Å². The molecule has 7 nitrogen and oxygen atoms in total. The number of carbonyl (C=O) groups is 3. The van der Waals surface area contributed by atoms with Crippen molar-refractivity contribution in [3.05, 3.63) is 70.1 Å². The fourth-order valence-corrected chi connectivity index (χ4v) is 4.56. The Morgan fingerprint density at radius 3 is 2.49 bits per heavy atom. The largest absolute Gasteiger partial charge is 0.416 e. The molecule has 2 aromatic heterocycles. The predicted octanol–water partition coefficient (Wildman–Crippen LogP) is 5.59. The molecule has 12 heteroatoms. The van der Waals surface area contributed by atoms with Crippen molar-refractivity contribution in [1.29, 1.82) is 0 Å². The Morgan fingerprint density at radius 1 is 1.22 bits per heavy atom. The second-order valence-corrected chi connectivity index (χ2v) is 9.43. The van der Waals surface area contributed by atoms with E-state index in [1.807, 2.05) is 0 Å². The number of hydrogen-bond acceptors (Lipinski definition) is 4. The van der Waals surface area contributed by atoms with Crippen molar-refractivity contribution in [3.8, 4) is 0 Å². The molecule has 198 valence electrons. The number of Topliss-reactive ketones (excluding diaryl/α,β-unsaturated/α-hetero) is 1. The molecule has 0 aromatic carbocycles. The number of hydrogen-bond donors (Lipinski definition) is 2. The van der Waals surface area contributed by atoms with Gasteiger partial charge in [0.25, 0.3) is 11.8 Å². The van der Waals surface area contributed by atoms with Crippen molar-refractivity contribution < 1.29 is 31.9 Å². The minimum absolute atomic E-state index is 0.0161. The zero-order chi connectivity index (χ0) is 27.7. The molecule has 2 aromatic rings. The van der Waals surface area contributed by atoms with Crippen molar-refractivity contribution in [3.63, 3.8) is 0 Å². The highest BCUT2D eigenvalue weighted by Crippen LogP contribution is 2.52. The van der Waals surface area contributed by atoms with Crippen LogP contribution in [0.2, 0.25) is 0 Å². The lowest BCUT2D eigenvalue weighted by Crippen LogP contribution is -2.31. The third-order valence-corrected chi connectivity index (χ3v) is 6.96. The lowest BCUT2D eigenvalue weighted by atomic mass is 9.71. The van der Waals surface area contributed by atoms with Crippen molar-refractivity contribution in [2.75, 3.05) is 12.4 Å². The molecule has 1 unspecified atom stereocenters. The molecule has 1 aliphatic rings. The highest BCUT2D eigenvalue weighted by molar-refractivity contribution is 6.30. The van der Waals surface area contributed by atoms with Crippen LogP contribution in [0.1, 0.15) is 65.3 Å². The maximum absolute atomic E-state index is 14.4. The Labute approximate surface area is 215 Å². The van der Waals surface area contributed by atoms with Gasteiger partial charge in [-0.15, -0.1) is 0 Å². The van der Waals surface area contributed by atoms with Gasteiger partial charge in [0.15, 0.2) is 0 Å². The van der Waals surface area contributed by atoms with Crippen LogP contribution in [0.4, 0.5) is 23.2 Å². The molecular weight excluding hydrogens is 516 g/mol. The third-order valence-electron chi connectivity index (χ3n) is 6.41. The smallest absolute Gasteiger partial charge is 0.354 e. The van der Waals surface area contributed by atoms with E-state index in [0.29, 0.717) is 11.1 Å². The van der Waals surface area contributed by atoms with Crippen LogP contribution in [-0.2, 0) is 17.5 Å². The van der Waals surface area contributed by atoms with E-state index in [1.165, 1.54) is 36.8 Å². The Morgan fingerprint density at radius 2 is 1.89 bits per heavy atom. The molecule has 2 heterocycles. The van der Waals surface area contributed by atoms with E-state index in [0.717, 1.165) is 12.3 Å². The van der Waals surface area contributed by atoms with Gasteiger partial charge in [0.1, 0.15) is 23.0 Å². The molecule has 0 bridgehead atoms. The van der Waals surface area contributed by atoms with E-state index in [1.54, 1.807) is 13.8 Å². The molecule has 2 amide bonds. The number of anilines is 1. The van der Waals surface area contributed by atoms with Gasteiger partial charge in [-0.1, -0.05) is 25.4 Å². The van der Waals surface area contributed by atoms with Crippen LogP contribution in [0.15, 0.2) is 47.4 Å². The molecule has 0 spiro atoms. The first-order valence-electron chi connectivity index (χ1n) is 11.2. The molecular formula is C25H25ClF4N4O3. The average molecular weight is 541 g/mol. The molecule has 3 rings (SSSR count). The fourth-order valence-electron chi connectivity index (χ4n) is 4.27. The highest BCUT2D eigenvalue weighted by Gasteiger charge is 2.41. The van der Waals surface area contributed by atoms with Gasteiger partial charge in [-0.25, -0.2) is 4.39 Å². The van der Waals surface area contributed by atoms with Gasteiger partial charge in [-0.05, 0) is 37.3 Å². The standard InChI is InChI=1S/C25H25ClF4N4O3/c1-13(35)12-34-19(23(37)31-4)10-17(21(34)14(2)24(3)11-16(27)5-6-20(24)26)33-22(36)18-9-15(7-8-32-18)25(28,29)30/h5-10,14H,11-12H2,1-4H3,(H,31,37)(H,33,36)/t14-,24?/m0/s1. The first kappa shape index (κ1) is 28.1. The summed E-state index contributed by atoms with van der Waals surface area (Å²) in [5.74, 6) is -2.96. The Kier molecular flexibility index (Phi) is 7.97. The molecule has 1 aliphatic carbocycles. The van der Waals surface area contributed by atoms with E-state index >= 15 is 0 Å². The van der Waals surface area contributed by atoms with Crippen LogP contribution >= 0.6 is 11.6 Å². The van der Waals surface area contributed by atoms with Crippen LogP contribution in [0.3, 0.4) is 0 Å². The number of rotatable bonds is 7. The molecule has 37 heavy (non-hydrogen) atoms. The minimum atomic E-state index is -4.69. The van der Waals surface area contributed by atoms with E-state index in [9.17, 15) is 31.9 Å². The number of alkyl halides is 3. The molecule has 0 saturated carbocycles. The number of pyridine rings is 1. The number of halogens is 5. The van der Waals surface area contributed by atoms with E-state index < -0.39 is 46.4 Å². The normalized spacial score (nSPS) is 18.5. The van der Waals surface area contributed by atoms with E-state index in [4.69, 9.17) is 11.6 Å². The monoisotopic (exact) mass is 540 g/mol. The van der Waals surface area contributed by atoms with Crippen LogP contribution < -0.4 is 10.6 Å². The van der Waals surface area contributed by atoms with Crippen LogP contribution in [0.25, 0.3) is 0 Å². The Bertz CT molecular complexity index is 1320. The molecule has 0 aliphatic heterocycles. The highest BCUT2D eigenvalue weighted by atomic mass is 35.5. The Hall–Kier alpha value is -3.47. The zero-order valence-corrected chi connectivity index (χ0v) is 21.2. The van der Waals surface area contributed by atoms with Gasteiger partial charge < -0.3 is 15.2 Å². The second kappa shape index (κ2) is 10.5. The van der Waals surface area contributed by atoms with Gasteiger partial charge in [-0.3, -0.25) is 19.4 Å². The summed E-state index contributed by atoms with van der Waals surface area (Å²) in [5, 5.41) is 5.31. The van der Waals surface area contributed by atoms with E-state index in [-0.39, 0.29) is 35.8 Å².